The van der Waals surface area contributed by atoms with Crippen molar-refractivity contribution in [2.24, 2.45) is 27.7 Å². The third-order valence-electron chi connectivity index (χ3n) is 8.96. The van der Waals surface area contributed by atoms with Crippen molar-refractivity contribution in [2.45, 2.75) is 85.9 Å². The van der Waals surface area contributed by atoms with Gasteiger partial charge in [0.05, 0.1) is 17.1 Å². The summed E-state index contributed by atoms with van der Waals surface area (Å²) in [6, 6.07) is 6.59. The predicted molar refractivity (Wildman–Crippen MR) is 157 cm³/mol. The molecule has 0 radical (unpaired) electrons. The number of hydrogen-bond donors (Lipinski definition) is 0. The first-order valence-electron chi connectivity index (χ1n) is 14.8. The molecule has 1 aromatic heterocycles. The van der Waals surface area contributed by atoms with Crippen LogP contribution in [0.25, 0.3) is 11.8 Å². The van der Waals surface area contributed by atoms with Crippen molar-refractivity contribution in [3.8, 4) is 0 Å². The van der Waals surface area contributed by atoms with Crippen molar-refractivity contribution in [3.63, 3.8) is 0 Å². The summed E-state index contributed by atoms with van der Waals surface area (Å²) < 4.78 is 16.7. The summed E-state index contributed by atoms with van der Waals surface area (Å²) in [5.74, 6) is 2.18. The largest absolute Gasteiger partial charge is 0.371 e. The molecule has 1 aromatic carbocycles. The molecule has 1 saturated heterocycles. The monoisotopic (exact) mass is 516 g/mol. The van der Waals surface area contributed by atoms with E-state index in [4.69, 9.17) is 9.98 Å². The highest BCUT2D eigenvalue weighted by molar-refractivity contribution is 5.99. The molecule has 0 spiro atoms. The van der Waals surface area contributed by atoms with E-state index < -0.39 is 6.17 Å². The van der Waals surface area contributed by atoms with E-state index in [0.29, 0.717) is 12.3 Å². The number of aliphatic imine (C=N–C) groups is 1. The lowest BCUT2D eigenvalue weighted by molar-refractivity contribution is 0.178. The molecule has 4 nitrogen and oxygen atoms in total. The standard InChI is InChI=1S/C33H45FN4/c1-7-27-12-14-37(19-21(27)2)25(6)30-16-29(15-22(3)34)23(4)31(17-30)36-24(5)32-18-28-9-8-13-35-33(28)38(32)20-26-10-11-26/h9,16-18,21-22,26-27H,6-8,10-15,19-20H2,1-5H3/b36-24+. The predicted octanol–water partition coefficient (Wildman–Crippen LogP) is 6.39. The van der Waals surface area contributed by atoms with Crippen LogP contribution in [0, 0.1) is 24.7 Å². The van der Waals surface area contributed by atoms with Crippen LogP contribution in [0.15, 0.2) is 34.8 Å². The Bertz CT molecular complexity index is 1340. The van der Waals surface area contributed by atoms with E-state index in [1.165, 1.54) is 30.9 Å². The normalized spacial score (nSPS) is 22.5. The summed E-state index contributed by atoms with van der Waals surface area (Å²) >= 11 is 0. The molecule has 3 aliphatic rings. The number of fused-ring (bicyclic) bond motifs is 1. The second-order valence-electron chi connectivity index (χ2n) is 12.0. The van der Waals surface area contributed by atoms with Crippen LogP contribution in [0.5, 0.6) is 0 Å². The van der Waals surface area contributed by atoms with Crippen LogP contribution in [-0.2, 0) is 13.0 Å². The van der Waals surface area contributed by atoms with E-state index in [1.54, 1.807) is 6.92 Å². The number of piperidine rings is 1. The first kappa shape index (κ1) is 26.9. The quantitative estimate of drug-likeness (QED) is 0.356. The second kappa shape index (κ2) is 11.2. The van der Waals surface area contributed by atoms with Gasteiger partial charge in [-0.25, -0.2) is 4.39 Å². The zero-order valence-corrected chi connectivity index (χ0v) is 24.1. The van der Waals surface area contributed by atoms with Gasteiger partial charge in [-0.2, -0.15) is 0 Å². The van der Waals surface area contributed by atoms with Crippen LogP contribution in [-0.4, -0.2) is 41.0 Å². The van der Waals surface area contributed by atoms with Gasteiger partial charge in [-0.15, -0.1) is 0 Å². The fourth-order valence-electron chi connectivity index (χ4n) is 6.34. The number of likely N-dealkylation sites (tertiary alicyclic amines) is 1. The summed E-state index contributed by atoms with van der Waals surface area (Å²) in [6.07, 6.45) is 7.83. The minimum Gasteiger partial charge on any atom is -0.371 e. The van der Waals surface area contributed by atoms with Gasteiger partial charge in [-0.3, -0.25) is 9.98 Å². The number of nitrogens with zero attached hydrogens (tertiary/aromatic N) is 4. The molecule has 1 saturated carbocycles. The van der Waals surface area contributed by atoms with Crippen LogP contribution in [0.3, 0.4) is 0 Å². The van der Waals surface area contributed by atoms with Crippen molar-refractivity contribution in [2.75, 3.05) is 19.6 Å². The van der Waals surface area contributed by atoms with Crippen molar-refractivity contribution in [3.05, 3.63) is 57.9 Å². The van der Waals surface area contributed by atoms with Gasteiger partial charge in [0, 0.05) is 43.5 Å². The van der Waals surface area contributed by atoms with Crippen LogP contribution in [0.2, 0.25) is 0 Å². The first-order valence-corrected chi connectivity index (χ1v) is 14.8. The molecule has 3 atom stereocenters. The Morgan fingerprint density at radius 1 is 1.24 bits per heavy atom. The van der Waals surface area contributed by atoms with Crippen molar-refractivity contribution < 1.29 is 4.39 Å². The molecule has 204 valence electrons. The van der Waals surface area contributed by atoms with Crippen LogP contribution in [0.1, 0.15) is 82.2 Å². The molecule has 1 aliphatic carbocycles. The second-order valence-corrected chi connectivity index (χ2v) is 12.0. The van der Waals surface area contributed by atoms with Gasteiger partial charge < -0.3 is 9.47 Å². The van der Waals surface area contributed by atoms with Gasteiger partial charge >= 0.3 is 0 Å². The molecule has 2 aromatic rings. The topological polar surface area (TPSA) is 32.9 Å². The Hall–Kier alpha value is -2.69. The van der Waals surface area contributed by atoms with Gasteiger partial charge in [0.15, 0.2) is 0 Å². The van der Waals surface area contributed by atoms with Gasteiger partial charge in [0.1, 0.15) is 11.7 Å². The summed E-state index contributed by atoms with van der Waals surface area (Å²) in [6.45, 7) is 18.9. The Labute approximate surface area is 228 Å². The number of rotatable bonds is 9. The molecule has 0 N–H and O–H groups in total. The fourth-order valence-corrected chi connectivity index (χ4v) is 6.34. The van der Waals surface area contributed by atoms with Gasteiger partial charge in [0.25, 0.3) is 0 Å². The van der Waals surface area contributed by atoms with Gasteiger partial charge in [-0.05, 0) is 99.1 Å². The third-order valence-corrected chi connectivity index (χ3v) is 8.96. The van der Waals surface area contributed by atoms with Crippen molar-refractivity contribution in [1.82, 2.24) is 9.47 Å². The Morgan fingerprint density at radius 2 is 2.03 bits per heavy atom. The molecule has 5 heteroatoms. The molecule has 5 rings (SSSR count). The Kier molecular flexibility index (Phi) is 7.93. The van der Waals surface area contributed by atoms with Crippen molar-refractivity contribution >= 4 is 23.2 Å². The molecule has 0 bridgehead atoms. The lowest BCUT2D eigenvalue weighted by atomic mass is 9.84. The third kappa shape index (κ3) is 5.67. The maximum Gasteiger partial charge on any atom is 0.135 e. The minimum atomic E-state index is -0.907. The lowest BCUT2D eigenvalue weighted by Gasteiger charge is -2.39. The van der Waals surface area contributed by atoms with Gasteiger partial charge in [-0.1, -0.05) is 32.9 Å². The highest BCUT2D eigenvalue weighted by Crippen LogP contribution is 2.35. The Balaban J connectivity index is 1.53. The number of hydrogen-bond acceptors (Lipinski definition) is 3. The molecule has 2 fully saturated rings. The average Bonchev–Trinajstić information content (AvgIpc) is 3.64. The van der Waals surface area contributed by atoms with E-state index in [0.717, 1.165) is 89.4 Å². The first-order chi connectivity index (χ1) is 18.2. The lowest BCUT2D eigenvalue weighted by Crippen LogP contribution is -2.37. The smallest absolute Gasteiger partial charge is 0.135 e. The van der Waals surface area contributed by atoms with Crippen molar-refractivity contribution in [1.29, 1.82) is 0 Å². The number of benzene rings is 1. The van der Waals surface area contributed by atoms with E-state index in [2.05, 4.69) is 68.0 Å². The number of halogens is 1. The SMILES string of the molecule is C=C(c1cc(CC(C)F)c(C)c(/N=C(\C)c2cc3c(n2CC2CC2)=NCCC=3)c1)N1CCC(CC)C(C)C1. The van der Waals surface area contributed by atoms with E-state index in [-0.39, 0.29) is 0 Å². The van der Waals surface area contributed by atoms with Crippen LogP contribution < -0.4 is 10.7 Å². The maximum atomic E-state index is 14.3. The van der Waals surface area contributed by atoms with Crippen LogP contribution in [0.4, 0.5) is 10.1 Å². The highest BCUT2D eigenvalue weighted by Gasteiger charge is 2.27. The molecule has 3 unspecified atom stereocenters. The molecular formula is C33H45FN4. The summed E-state index contributed by atoms with van der Waals surface area (Å²) in [5, 5.41) is 1.23. The van der Waals surface area contributed by atoms with E-state index >= 15 is 0 Å². The van der Waals surface area contributed by atoms with E-state index in [1.807, 2.05) is 0 Å². The maximum absolute atomic E-state index is 14.3. The molecule has 2 aliphatic heterocycles. The molecule has 3 heterocycles. The molecule has 38 heavy (non-hydrogen) atoms. The summed E-state index contributed by atoms with van der Waals surface area (Å²) in [7, 11) is 0. The zero-order chi connectivity index (χ0) is 27.0. The zero-order valence-electron chi connectivity index (χ0n) is 24.1. The Morgan fingerprint density at radius 3 is 2.71 bits per heavy atom. The van der Waals surface area contributed by atoms with E-state index in [9.17, 15) is 4.39 Å². The highest BCUT2D eigenvalue weighted by atomic mass is 19.1. The summed E-state index contributed by atoms with van der Waals surface area (Å²) in [5.41, 5.74) is 8.37. The number of alkyl halides is 1. The summed E-state index contributed by atoms with van der Waals surface area (Å²) in [4.78, 5) is 12.5. The number of aromatic nitrogens is 1. The average molecular weight is 517 g/mol. The van der Waals surface area contributed by atoms with Gasteiger partial charge in [0.2, 0.25) is 0 Å². The van der Waals surface area contributed by atoms with Crippen LogP contribution >= 0.6 is 0 Å². The molecular weight excluding hydrogens is 471 g/mol. The minimum absolute atomic E-state index is 0.392. The molecule has 0 amide bonds. The fraction of sp³-hybridized carbons (Fsp3) is 0.576.